The van der Waals surface area contributed by atoms with E-state index < -0.39 is 0 Å². The van der Waals surface area contributed by atoms with Crippen LogP contribution in [0.25, 0.3) is 0 Å². The Hall–Kier alpha value is -0.660. The fraction of sp³-hybridized carbons (Fsp3) is 0.500. The van der Waals surface area contributed by atoms with Crippen LogP contribution >= 0.6 is 9.47 Å². The molecule has 1 aromatic rings. The third kappa shape index (κ3) is 1.89. The summed E-state index contributed by atoms with van der Waals surface area (Å²) in [6.07, 6.45) is 6.15. The number of likely N-dealkylation sites (tertiary alicyclic amines) is 1. The van der Waals surface area contributed by atoms with Gasteiger partial charge in [-0.2, -0.15) is 0 Å². The standard InChI is InChI=1S/C10H15N2OP/c1-12-4-2-3-10(12)8-5-9(13-14)7-11-6-8/h5-7,10H,2-4,14H2,1H3/t10-/m0/s1. The molecular formula is C10H15N2OP. The zero-order chi connectivity index (χ0) is 9.97. The number of hydrogen-bond donors (Lipinski definition) is 0. The van der Waals surface area contributed by atoms with Gasteiger partial charge in [0.1, 0.15) is 5.75 Å². The summed E-state index contributed by atoms with van der Waals surface area (Å²) in [4.78, 5) is 6.53. The van der Waals surface area contributed by atoms with E-state index in [9.17, 15) is 0 Å². The van der Waals surface area contributed by atoms with Gasteiger partial charge < -0.3 is 4.52 Å². The lowest BCUT2D eigenvalue weighted by Gasteiger charge is -2.19. The molecule has 3 nitrogen and oxygen atoms in total. The van der Waals surface area contributed by atoms with Crippen LogP contribution in [-0.4, -0.2) is 23.5 Å². The van der Waals surface area contributed by atoms with Crippen molar-refractivity contribution in [1.29, 1.82) is 0 Å². The third-order valence-electron chi connectivity index (χ3n) is 2.78. The maximum absolute atomic E-state index is 5.09. The van der Waals surface area contributed by atoms with E-state index in [4.69, 9.17) is 4.52 Å². The van der Waals surface area contributed by atoms with Crippen molar-refractivity contribution < 1.29 is 4.52 Å². The van der Waals surface area contributed by atoms with Gasteiger partial charge in [0, 0.05) is 12.2 Å². The molecule has 0 radical (unpaired) electrons. The summed E-state index contributed by atoms with van der Waals surface area (Å²) in [5.41, 5.74) is 1.25. The molecule has 4 heteroatoms. The molecule has 1 fully saturated rings. The van der Waals surface area contributed by atoms with E-state index in [1.165, 1.54) is 24.9 Å². The lowest BCUT2D eigenvalue weighted by molar-refractivity contribution is 0.316. The van der Waals surface area contributed by atoms with Crippen molar-refractivity contribution in [3.63, 3.8) is 0 Å². The molecule has 0 saturated carbocycles. The molecule has 1 unspecified atom stereocenters. The van der Waals surface area contributed by atoms with Crippen molar-refractivity contribution in [3.8, 4) is 5.75 Å². The Morgan fingerprint density at radius 3 is 3.07 bits per heavy atom. The molecule has 1 aromatic heterocycles. The average molecular weight is 210 g/mol. The van der Waals surface area contributed by atoms with Crippen LogP contribution in [-0.2, 0) is 0 Å². The molecule has 1 aliphatic rings. The van der Waals surface area contributed by atoms with Gasteiger partial charge in [0.05, 0.1) is 15.7 Å². The van der Waals surface area contributed by atoms with Crippen LogP contribution < -0.4 is 4.52 Å². The van der Waals surface area contributed by atoms with Crippen LogP contribution in [0.5, 0.6) is 5.75 Å². The first kappa shape index (κ1) is 9.88. The molecule has 0 N–H and O–H groups in total. The Morgan fingerprint density at radius 1 is 1.57 bits per heavy atom. The van der Waals surface area contributed by atoms with Gasteiger partial charge in [0.15, 0.2) is 0 Å². The van der Waals surface area contributed by atoms with Gasteiger partial charge in [-0.1, -0.05) is 0 Å². The largest absolute Gasteiger partial charge is 0.479 e. The van der Waals surface area contributed by atoms with E-state index in [1.807, 2.05) is 6.20 Å². The van der Waals surface area contributed by atoms with Crippen LogP contribution in [0.2, 0.25) is 0 Å². The minimum atomic E-state index is 0.516. The quantitative estimate of drug-likeness (QED) is 0.698. The Balaban J connectivity index is 2.22. The minimum absolute atomic E-state index is 0.516. The highest BCUT2D eigenvalue weighted by Crippen LogP contribution is 2.31. The van der Waals surface area contributed by atoms with Crippen molar-refractivity contribution >= 4 is 9.47 Å². The first-order chi connectivity index (χ1) is 6.81. The molecule has 2 heterocycles. The van der Waals surface area contributed by atoms with Crippen LogP contribution in [0.3, 0.4) is 0 Å². The van der Waals surface area contributed by atoms with E-state index in [1.54, 1.807) is 6.20 Å². The monoisotopic (exact) mass is 210 g/mol. The first-order valence-corrected chi connectivity index (χ1v) is 5.30. The molecule has 14 heavy (non-hydrogen) atoms. The van der Waals surface area contributed by atoms with Gasteiger partial charge in [-0.15, -0.1) is 0 Å². The van der Waals surface area contributed by atoms with Gasteiger partial charge in [-0.25, -0.2) is 0 Å². The molecule has 0 amide bonds. The highest BCUT2D eigenvalue weighted by molar-refractivity contribution is 7.10. The molecule has 0 spiro atoms. The van der Waals surface area contributed by atoms with E-state index in [-0.39, 0.29) is 0 Å². The van der Waals surface area contributed by atoms with Gasteiger partial charge >= 0.3 is 0 Å². The lowest BCUT2D eigenvalue weighted by Crippen LogP contribution is -2.17. The lowest BCUT2D eigenvalue weighted by atomic mass is 10.1. The van der Waals surface area contributed by atoms with Gasteiger partial charge in [0.25, 0.3) is 0 Å². The van der Waals surface area contributed by atoms with E-state index >= 15 is 0 Å². The Morgan fingerprint density at radius 2 is 2.43 bits per heavy atom. The molecule has 1 saturated heterocycles. The summed E-state index contributed by atoms with van der Waals surface area (Å²) in [6, 6.07) is 2.58. The smallest absolute Gasteiger partial charge is 0.141 e. The summed E-state index contributed by atoms with van der Waals surface area (Å²) >= 11 is 0. The third-order valence-corrected chi connectivity index (χ3v) is 3.05. The molecule has 0 bridgehead atoms. The predicted molar refractivity (Wildman–Crippen MR) is 59.2 cm³/mol. The Labute approximate surface area is 86.8 Å². The van der Waals surface area contributed by atoms with Crippen LogP contribution in [0.4, 0.5) is 0 Å². The van der Waals surface area contributed by atoms with Gasteiger partial charge in [-0.3, -0.25) is 9.88 Å². The minimum Gasteiger partial charge on any atom is -0.479 e. The molecular weight excluding hydrogens is 195 g/mol. The summed E-state index contributed by atoms with van der Waals surface area (Å²) in [7, 11) is 4.41. The maximum Gasteiger partial charge on any atom is 0.141 e. The summed E-state index contributed by atoms with van der Waals surface area (Å²) in [5, 5.41) is 0. The summed E-state index contributed by atoms with van der Waals surface area (Å²) in [5.74, 6) is 0.813. The van der Waals surface area contributed by atoms with E-state index in [0.717, 1.165) is 5.75 Å². The second kappa shape index (κ2) is 4.24. The summed E-state index contributed by atoms with van der Waals surface area (Å²) in [6.45, 7) is 1.18. The van der Waals surface area contributed by atoms with Crippen LogP contribution in [0.1, 0.15) is 24.4 Å². The normalized spacial score (nSPS) is 22.6. The number of hydrogen-bond acceptors (Lipinski definition) is 3. The predicted octanol–water partition coefficient (Wildman–Crippen LogP) is 2.02. The fourth-order valence-corrected chi connectivity index (χ4v) is 2.14. The summed E-state index contributed by atoms with van der Waals surface area (Å²) < 4.78 is 5.09. The molecule has 0 aliphatic carbocycles. The average Bonchev–Trinajstić information content (AvgIpc) is 2.65. The number of aromatic nitrogens is 1. The number of pyridine rings is 1. The molecule has 76 valence electrons. The fourth-order valence-electron chi connectivity index (χ4n) is 2.01. The highest BCUT2D eigenvalue weighted by Gasteiger charge is 2.22. The SMILES string of the molecule is CN1CCC[C@H]1c1cncc(OP)c1. The molecule has 2 atom stereocenters. The van der Waals surface area contributed by atoms with Crippen molar-refractivity contribution in [2.45, 2.75) is 18.9 Å². The topological polar surface area (TPSA) is 25.4 Å². The van der Waals surface area contributed by atoms with E-state index in [2.05, 4.69) is 32.5 Å². The van der Waals surface area contributed by atoms with E-state index in [0.29, 0.717) is 6.04 Å². The first-order valence-electron chi connectivity index (χ1n) is 4.83. The second-order valence-corrected chi connectivity index (χ2v) is 3.95. The molecule has 0 aromatic carbocycles. The number of rotatable bonds is 2. The van der Waals surface area contributed by atoms with Crippen molar-refractivity contribution in [3.05, 3.63) is 24.0 Å². The van der Waals surface area contributed by atoms with Crippen molar-refractivity contribution in [1.82, 2.24) is 9.88 Å². The number of nitrogens with zero attached hydrogens (tertiary/aromatic N) is 2. The zero-order valence-corrected chi connectivity index (χ0v) is 9.47. The zero-order valence-electron chi connectivity index (χ0n) is 8.31. The second-order valence-electron chi connectivity index (χ2n) is 3.71. The Bertz CT molecular complexity index is 319. The van der Waals surface area contributed by atoms with Gasteiger partial charge in [-0.05, 0) is 38.1 Å². The van der Waals surface area contributed by atoms with Crippen LogP contribution in [0, 0.1) is 0 Å². The molecule has 2 rings (SSSR count). The Kier molecular flexibility index (Phi) is 2.99. The highest BCUT2D eigenvalue weighted by atomic mass is 31.0. The van der Waals surface area contributed by atoms with Crippen LogP contribution in [0.15, 0.2) is 18.5 Å². The van der Waals surface area contributed by atoms with Gasteiger partial charge in [0.2, 0.25) is 0 Å². The van der Waals surface area contributed by atoms with Crippen molar-refractivity contribution in [2.75, 3.05) is 13.6 Å². The molecule has 1 aliphatic heterocycles. The van der Waals surface area contributed by atoms with Crippen molar-refractivity contribution in [2.24, 2.45) is 0 Å². The maximum atomic E-state index is 5.09.